The molecule has 0 bridgehead atoms. The molecule has 3 aliphatic rings. The Morgan fingerprint density at radius 1 is 1.36 bits per heavy atom. The van der Waals surface area contributed by atoms with E-state index in [1.54, 1.807) is 0 Å². The number of hydrogen-bond donors (Lipinski definition) is 0. The van der Waals surface area contributed by atoms with Gasteiger partial charge in [0.1, 0.15) is 17.6 Å². The second-order valence-corrected chi connectivity index (χ2v) is 7.22. The molecular formula is C19H24FNO4. The number of nitrogens with zero attached hydrogens (tertiary/aromatic N) is 1. The molecule has 0 radical (unpaired) electrons. The fraction of sp³-hybridized carbons (Fsp3) is 0.632. The van der Waals surface area contributed by atoms with Gasteiger partial charge in [0, 0.05) is 23.7 Å². The average Bonchev–Trinajstić information content (AvgIpc) is 2.99. The number of rotatable bonds is 3. The highest BCUT2D eigenvalue weighted by atomic mass is 19.1. The predicted molar refractivity (Wildman–Crippen MR) is 88.4 cm³/mol. The third-order valence-corrected chi connectivity index (χ3v) is 5.80. The molecule has 3 atom stereocenters. The van der Waals surface area contributed by atoms with Crippen molar-refractivity contribution < 1.29 is 23.4 Å². The number of benzene rings is 1. The summed E-state index contributed by atoms with van der Waals surface area (Å²) >= 11 is 0. The van der Waals surface area contributed by atoms with E-state index in [-0.39, 0.29) is 24.6 Å². The van der Waals surface area contributed by atoms with Crippen molar-refractivity contribution in [3.8, 4) is 5.75 Å². The van der Waals surface area contributed by atoms with Gasteiger partial charge in [-0.25, -0.2) is 4.39 Å². The summed E-state index contributed by atoms with van der Waals surface area (Å²) in [6, 6.07) is 3.09. The molecule has 2 fully saturated rings. The van der Waals surface area contributed by atoms with Crippen molar-refractivity contribution in [2.75, 3.05) is 13.9 Å². The Labute approximate surface area is 147 Å². The number of likely N-dealkylation sites (tertiary alicyclic amines) is 1. The SMILES string of the molecule is COC(=O)[C@@H]1C[C@@H]2CCCC[C@@H]2N1Cc1cc(F)cc2c1OCOC2. The summed E-state index contributed by atoms with van der Waals surface area (Å²) < 4.78 is 30.0. The highest BCUT2D eigenvalue weighted by molar-refractivity contribution is 5.76. The molecule has 0 unspecified atom stereocenters. The van der Waals surface area contributed by atoms with Crippen LogP contribution in [0.2, 0.25) is 0 Å². The van der Waals surface area contributed by atoms with E-state index in [9.17, 15) is 9.18 Å². The maximum absolute atomic E-state index is 14.1. The van der Waals surface area contributed by atoms with Crippen LogP contribution in [-0.4, -0.2) is 36.9 Å². The van der Waals surface area contributed by atoms with Gasteiger partial charge in [-0.3, -0.25) is 9.69 Å². The van der Waals surface area contributed by atoms with Crippen molar-refractivity contribution in [3.05, 3.63) is 29.1 Å². The van der Waals surface area contributed by atoms with Crippen LogP contribution < -0.4 is 4.74 Å². The van der Waals surface area contributed by atoms with E-state index >= 15 is 0 Å². The lowest BCUT2D eigenvalue weighted by atomic mass is 9.84. The lowest BCUT2D eigenvalue weighted by molar-refractivity contribution is -0.146. The molecule has 25 heavy (non-hydrogen) atoms. The Bertz CT molecular complexity index is 665. The molecule has 0 N–H and O–H groups in total. The first-order chi connectivity index (χ1) is 12.2. The van der Waals surface area contributed by atoms with Gasteiger partial charge < -0.3 is 14.2 Å². The van der Waals surface area contributed by atoms with E-state index in [1.807, 2.05) is 0 Å². The highest BCUT2D eigenvalue weighted by Gasteiger charge is 2.45. The van der Waals surface area contributed by atoms with Gasteiger partial charge in [0.25, 0.3) is 0 Å². The molecule has 136 valence electrons. The Balaban J connectivity index is 1.65. The minimum absolute atomic E-state index is 0.179. The molecule has 1 saturated heterocycles. The van der Waals surface area contributed by atoms with Crippen molar-refractivity contribution in [2.24, 2.45) is 5.92 Å². The molecule has 4 rings (SSSR count). The topological polar surface area (TPSA) is 48.0 Å². The van der Waals surface area contributed by atoms with Crippen LogP contribution in [0.15, 0.2) is 12.1 Å². The van der Waals surface area contributed by atoms with Gasteiger partial charge >= 0.3 is 5.97 Å². The van der Waals surface area contributed by atoms with E-state index < -0.39 is 0 Å². The van der Waals surface area contributed by atoms with Gasteiger partial charge in [-0.15, -0.1) is 0 Å². The second kappa shape index (κ2) is 6.92. The first-order valence-electron chi connectivity index (χ1n) is 9.03. The van der Waals surface area contributed by atoms with Crippen molar-refractivity contribution in [1.29, 1.82) is 0 Å². The number of halogens is 1. The molecule has 1 aliphatic carbocycles. The molecule has 0 aromatic heterocycles. The molecule has 0 spiro atoms. The predicted octanol–water partition coefficient (Wildman–Crippen LogP) is 3.00. The van der Waals surface area contributed by atoms with Gasteiger partial charge in [-0.2, -0.15) is 0 Å². The summed E-state index contributed by atoms with van der Waals surface area (Å²) in [7, 11) is 1.44. The van der Waals surface area contributed by atoms with Crippen LogP contribution in [-0.2, 0) is 27.4 Å². The third-order valence-electron chi connectivity index (χ3n) is 5.80. The molecule has 6 heteroatoms. The minimum Gasteiger partial charge on any atom is -0.468 e. The van der Waals surface area contributed by atoms with Crippen LogP contribution in [0.1, 0.15) is 43.2 Å². The molecule has 1 aromatic carbocycles. The van der Waals surface area contributed by atoms with E-state index in [2.05, 4.69) is 4.90 Å². The summed E-state index contributed by atoms with van der Waals surface area (Å²) in [6.45, 7) is 1.03. The van der Waals surface area contributed by atoms with Gasteiger partial charge in [0.2, 0.25) is 0 Å². The highest BCUT2D eigenvalue weighted by Crippen LogP contribution is 2.42. The molecule has 1 aromatic rings. The summed E-state index contributed by atoms with van der Waals surface area (Å²) in [6.07, 6.45) is 5.47. The Morgan fingerprint density at radius 3 is 3.04 bits per heavy atom. The Morgan fingerprint density at radius 2 is 2.20 bits per heavy atom. The van der Waals surface area contributed by atoms with Crippen LogP contribution in [0, 0.1) is 11.7 Å². The Kier molecular flexibility index (Phi) is 4.65. The van der Waals surface area contributed by atoms with E-state index in [4.69, 9.17) is 14.2 Å². The van der Waals surface area contributed by atoms with E-state index in [0.717, 1.165) is 30.4 Å². The largest absolute Gasteiger partial charge is 0.468 e. The monoisotopic (exact) mass is 349 g/mol. The number of carbonyl (C=O) groups is 1. The van der Waals surface area contributed by atoms with Crippen molar-refractivity contribution in [2.45, 2.75) is 57.3 Å². The van der Waals surface area contributed by atoms with Crippen LogP contribution in [0.25, 0.3) is 0 Å². The maximum atomic E-state index is 14.1. The van der Waals surface area contributed by atoms with Crippen LogP contribution in [0.5, 0.6) is 5.75 Å². The maximum Gasteiger partial charge on any atom is 0.323 e. The summed E-state index contributed by atoms with van der Waals surface area (Å²) in [5.41, 5.74) is 1.52. The quantitative estimate of drug-likeness (QED) is 0.785. The standard InChI is InChI=1S/C19H24FNO4/c1-23-19(22)17-8-12-4-2-3-5-16(12)21(17)9-13-6-15(20)7-14-10-24-11-25-18(13)14/h6-7,12,16-17H,2-5,8-11H2,1H3/t12-,16-,17-/m0/s1. The first-order valence-corrected chi connectivity index (χ1v) is 9.03. The molecular weight excluding hydrogens is 325 g/mol. The number of hydrogen-bond acceptors (Lipinski definition) is 5. The van der Waals surface area contributed by atoms with Crippen molar-refractivity contribution in [3.63, 3.8) is 0 Å². The summed E-state index contributed by atoms with van der Waals surface area (Å²) in [4.78, 5) is 14.5. The first kappa shape index (κ1) is 16.8. The number of methoxy groups -OCH3 is 1. The summed E-state index contributed by atoms with van der Waals surface area (Å²) in [5.74, 6) is 0.739. The van der Waals surface area contributed by atoms with Gasteiger partial charge in [0.15, 0.2) is 6.79 Å². The van der Waals surface area contributed by atoms with E-state index in [0.29, 0.717) is 30.9 Å². The number of esters is 1. The zero-order valence-corrected chi connectivity index (χ0v) is 14.5. The third kappa shape index (κ3) is 3.13. The fourth-order valence-electron chi connectivity index (χ4n) is 4.72. The van der Waals surface area contributed by atoms with Crippen LogP contribution in [0.4, 0.5) is 4.39 Å². The lowest BCUT2D eigenvalue weighted by Gasteiger charge is -2.34. The zero-order valence-electron chi connectivity index (χ0n) is 14.5. The van der Waals surface area contributed by atoms with Crippen molar-refractivity contribution in [1.82, 2.24) is 4.90 Å². The summed E-state index contributed by atoms with van der Waals surface area (Å²) in [5, 5.41) is 0. The molecule has 1 saturated carbocycles. The van der Waals surface area contributed by atoms with Gasteiger partial charge in [-0.05, 0) is 37.3 Å². The van der Waals surface area contributed by atoms with Crippen LogP contribution in [0.3, 0.4) is 0 Å². The molecule has 0 amide bonds. The van der Waals surface area contributed by atoms with Crippen molar-refractivity contribution >= 4 is 5.97 Å². The fourth-order valence-corrected chi connectivity index (χ4v) is 4.72. The van der Waals surface area contributed by atoms with Gasteiger partial charge in [-0.1, -0.05) is 12.8 Å². The number of ether oxygens (including phenoxy) is 3. The van der Waals surface area contributed by atoms with Gasteiger partial charge in [0.05, 0.1) is 13.7 Å². The Hall–Kier alpha value is -1.66. The second-order valence-electron chi connectivity index (χ2n) is 7.22. The molecule has 5 nitrogen and oxygen atoms in total. The smallest absolute Gasteiger partial charge is 0.323 e. The molecule has 2 heterocycles. The number of fused-ring (bicyclic) bond motifs is 2. The molecule has 2 aliphatic heterocycles. The van der Waals surface area contributed by atoms with E-state index in [1.165, 1.54) is 32.1 Å². The zero-order chi connectivity index (χ0) is 17.4. The lowest BCUT2D eigenvalue weighted by Crippen LogP contribution is -2.42. The minimum atomic E-state index is -0.295. The normalized spacial score (nSPS) is 28.8. The number of carbonyl (C=O) groups excluding carboxylic acids is 1. The van der Waals surface area contributed by atoms with Crippen LogP contribution >= 0.6 is 0 Å². The average molecular weight is 349 g/mol.